The molecule has 0 fully saturated rings. The van der Waals surface area contributed by atoms with Gasteiger partial charge in [-0.05, 0) is 24.5 Å². The first-order valence-corrected chi connectivity index (χ1v) is 6.43. The molecule has 1 aromatic rings. The molecule has 0 aliphatic carbocycles. The van der Waals surface area contributed by atoms with Crippen LogP contribution >= 0.6 is 0 Å². The summed E-state index contributed by atoms with van der Waals surface area (Å²) >= 11 is 0. The van der Waals surface area contributed by atoms with E-state index in [0.717, 1.165) is 0 Å². The third-order valence-electron chi connectivity index (χ3n) is 2.82. The Balaban J connectivity index is 2.94. The highest BCUT2D eigenvalue weighted by Crippen LogP contribution is 2.14. The van der Waals surface area contributed by atoms with E-state index in [0.29, 0.717) is 18.6 Å². The van der Waals surface area contributed by atoms with Crippen LogP contribution < -0.4 is 10.6 Å². The maximum absolute atomic E-state index is 13.1. The average molecular weight is 302 g/mol. The third-order valence-corrected chi connectivity index (χ3v) is 2.82. The van der Waals surface area contributed by atoms with Crippen molar-refractivity contribution >= 4 is 11.8 Å². The Labute approximate surface area is 120 Å². The van der Waals surface area contributed by atoms with Crippen molar-refractivity contribution in [2.75, 3.05) is 7.05 Å². The second-order valence-corrected chi connectivity index (χ2v) is 5.02. The summed E-state index contributed by atoms with van der Waals surface area (Å²) in [6.45, 7) is 3.72. The van der Waals surface area contributed by atoms with Crippen LogP contribution in [0.2, 0.25) is 0 Å². The van der Waals surface area contributed by atoms with Gasteiger partial charge in [-0.25, -0.2) is 13.2 Å². The molecule has 116 valence electrons. The minimum absolute atomic E-state index is 0.120. The van der Waals surface area contributed by atoms with E-state index in [1.54, 1.807) is 0 Å². The molecule has 1 rings (SSSR count). The Morgan fingerprint density at radius 2 is 1.67 bits per heavy atom. The van der Waals surface area contributed by atoms with Gasteiger partial charge in [-0.3, -0.25) is 9.59 Å². The summed E-state index contributed by atoms with van der Waals surface area (Å²) in [5.74, 6) is -5.70. The fourth-order valence-corrected chi connectivity index (χ4v) is 1.81. The zero-order valence-electron chi connectivity index (χ0n) is 12.0. The SMILES string of the molecule is CNC(=O)C(CC(C)C)NC(=O)c1cc(F)c(F)c(F)c1. The van der Waals surface area contributed by atoms with Crippen LogP contribution in [0.3, 0.4) is 0 Å². The molecule has 0 saturated heterocycles. The summed E-state index contributed by atoms with van der Waals surface area (Å²) in [4.78, 5) is 23.6. The highest BCUT2D eigenvalue weighted by atomic mass is 19.2. The average Bonchev–Trinajstić information content (AvgIpc) is 2.41. The molecule has 0 heterocycles. The van der Waals surface area contributed by atoms with Crippen molar-refractivity contribution in [1.29, 1.82) is 0 Å². The standard InChI is InChI=1S/C14H17F3N2O2/c1-7(2)4-11(14(21)18-3)19-13(20)8-5-9(15)12(17)10(16)6-8/h5-7,11H,4H2,1-3H3,(H,18,21)(H,19,20). The molecule has 1 atom stereocenters. The van der Waals surface area contributed by atoms with Crippen LogP contribution in [0.5, 0.6) is 0 Å². The van der Waals surface area contributed by atoms with Gasteiger partial charge in [-0.2, -0.15) is 0 Å². The lowest BCUT2D eigenvalue weighted by atomic mass is 10.0. The zero-order valence-corrected chi connectivity index (χ0v) is 12.0. The van der Waals surface area contributed by atoms with Crippen molar-refractivity contribution in [3.05, 3.63) is 35.1 Å². The second-order valence-electron chi connectivity index (χ2n) is 5.02. The van der Waals surface area contributed by atoms with Gasteiger partial charge in [-0.15, -0.1) is 0 Å². The van der Waals surface area contributed by atoms with Gasteiger partial charge in [0.15, 0.2) is 17.5 Å². The largest absolute Gasteiger partial charge is 0.357 e. The maximum atomic E-state index is 13.1. The fourth-order valence-electron chi connectivity index (χ4n) is 1.81. The van der Waals surface area contributed by atoms with Gasteiger partial charge in [-0.1, -0.05) is 13.8 Å². The maximum Gasteiger partial charge on any atom is 0.252 e. The van der Waals surface area contributed by atoms with Crippen molar-refractivity contribution in [2.45, 2.75) is 26.3 Å². The molecular formula is C14H17F3N2O2. The molecule has 2 amide bonds. The normalized spacial score (nSPS) is 12.1. The summed E-state index contributed by atoms with van der Waals surface area (Å²) in [6.07, 6.45) is 0.359. The lowest BCUT2D eigenvalue weighted by molar-refractivity contribution is -0.122. The van der Waals surface area contributed by atoms with Crippen LogP contribution in [0.15, 0.2) is 12.1 Å². The summed E-state index contributed by atoms with van der Waals surface area (Å²) in [5.41, 5.74) is -0.385. The van der Waals surface area contributed by atoms with Gasteiger partial charge in [0.05, 0.1) is 0 Å². The molecule has 0 bridgehead atoms. The van der Waals surface area contributed by atoms with E-state index in [9.17, 15) is 22.8 Å². The van der Waals surface area contributed by atoms with Gasteiger partial charge in [0, 0.05) is 12.6 Å². The van der Waals surface area contributed by atoms with Gasteiger partial charge in [0.2, 0.25) is 5.91 Å². The van der Waals surface area contributed by atoms with Crippen molar-refractivity contribution in [2.24, 2.45) is 5.92 Å². The van der Waals surface area contributed by atoms with Gasteiger partial charge >= 0.3 is 0 Å². The minimum atomic E-state index is -1.64. The summed E-state index contributed by atoms with van der Waals surface area (Å²) < 4.78 is 39.0. The molecule has 1 unspecified atom stereocenters. The molecule has 2 N–H and O–H groups in total. The molecule has 0 aromatic heterocycles. The minimum Gasteiger partial charge on any atom is -0.357 e. The number of amides is 2. The van der Waals surface area contributed by atoms with Crippen LogP contribution in [-0.2, 0) is 4.79 Å². The number of nitrogens with one attached hydrogen (secondary N) is 2. The van der Waals surface area contributed by atoms with Crippen molar-refractivity contribution < 1.29 is 22.8 Å². The van der Waals surface area contributed by atoms with Crippen molar-refractivity contribution in [3.63, 3.8) is 0 Å². The molecular weight excluding hydrogens is 285 g/mol. The van der Waals surface area contributed by atoms with Crippen LogP contribution in [0.25, 0.3) is 0 Å². The van der Waals surface area contributed by atoms with Crippen molar-refractivity contribution in [3.8, 4) is 0 Å². The van der Waals surface area contributed by atoms with E-state index in [2.05, 4.69) is 10.6 Å². The fraction of sp³-hybridized carbons (Fsp3) is 0.429. The van der Waals surface area contributed by atoms with Crippen LogP contribution in [0.4, 0.5) is 13.2 Å². The molecule has 0 aliphatic heterocycles. The van der Waals surface area contributed by atoms with Crippen molar-refractivity contribution in [1.82, 2.24) is 10.6 Å². The van der Waals surface area contributed by atoms with E-state index < -0.39 is 35.3 Å². The lowest BCUT2D eigenvalue weighted by Gasteiger charge is -2.19. The number of hydrogen-bond donors (Lipinski definition) is 2. The number of hydrogen-bond acceptors (Lipinski definition) is 2. The van der Waals surface area contributed by atoms with E-state index in [1.165, 1.54) is 7.05 Å². The topological polar surface area (TPSA) is 58.2 Å². The molecule has 1 aromatic carbocycles. The smallest absolute Gasteiger partial charge is 0.252 e. The monoisotopic (exact) mass is 302 g/mol. The Morgan fingerprint density at radius 3 is 2.10 bits per heavy atom. The Bertz CT molecular complexity index is 524. The van der Waals surface area contributed by atoms with Crippen LogP contribution in [-0.4, -0.2) is 24.9 Å². The van der Waals surface area contributed by atoms with Gasteiger partial charge in [0.25, 0.3) is 5.91 Å². The predicted octanol–water partition coefficient (Wildman–Crippen LogP) is 1.99. The van der Waals surface area contributed by atoms with Crippen LogP contribution in [0, 0.1) is 23.4 Å². The molecule has 4 nitrogen and oxygen atoms in total. The molecule has 21 heavy (non-hydrogen) atoms. The van der Waals surface area contributed by atoms with E-state index in [4.69, 9.17) is 0 Å². The highest BCUT2D eigenvalue weighted by Gasteiger charge is 2.23. The first kappa shape index (κ1) is 17.0. The van der Waals surface area contributed by atoms with Crippen LogP contribution in [0.1, 0.15) is 30.6 Å². The quantitative estimate of drug-likeness (QED) is 0.817. The number of likely N-dealkylation sites (N-methyl/N-ethyl adjacent to an activating group) is 1. The molecule has 0 saturated carbocycles. The lowest BCUT2D eigenvalue weighted by Crippen LogP contribution is -2.46. The zero-order chi connectivity index (χ0) is 16.2. The summed E-state index contributed by atoms with van der Waals surface area (Å²) in [6, 6.07) is 0.340. The number of halogens is 3. The van der Waals surface area contributed by atoms with Gasteiger partial charge < -0.3 is 10.6 Å². The summed E-state index contributed by atoms with van der Waals surface area (Å²) in [5, 5.41) is 4.78. The van der Waals surface area contributed by atoms with E-state index >= 15 is 0 Å². The Kier molecular flexibility index (Phi) is 5.75. The predicted molar refractivity (Wildman–Crippen MR) is 71.1 cm³/mol. The first-order valence-electron chi connectivity index (χ1n) is 6.43. The molecule has 0 aliphatic rings. The van der Waals surface area contributed by atoms with Gasteiger partial charge in [0.1, 0.15) is 6.04 Å². The molecule has 0 spiro atoms. The van der Waals surface area contributed by atoms with E-state index in [-0.39, 0.29) is 11.5 Å². The molecule has 0 radical (unpaired) electrons. The summed E-state index contributed by atoms with van der Waals surface area (Å²) in [7, 11) is 1.42. The second kappa shape index (κ2) is 7.10. The van der Waals surface area contributed by atoms with E-state index in [1.807, 2.05) is 13.8 Å². The Hall–Kier alpha value is -2.05. The Morgan fingerprint density at radius 1 is 1.14 bits per heavy atom. The number of carbonyl (C=O) groups excluding carboxylic acids is 2. The first-order chi connectivity index (χ1) is 9.76. The number of benzene rings is 1. The third kappa shape index (κ3) is 4.47. The number of carbonyl (C=O) groups is 2. The highest BCUT2D eigenvalue weighted by molar-refractivity contribution is 5.97. The number of rotatable bonds is 5. The molecule has 7 heteroatoms.